The standard InChI is InChI=1S/C57H105NO13/c1-3-5-7-9-11-13-14-15-16-17-18-19-20-21-22-23-24-25-26-27-28-29-30-31-32-33-35-37-39-41-49(62)58-45(46(61)40-38-36-34-12-10-8-6-4-2)44-68-56-54(67)52(65)55(48(43-60)70-56)71-57-53(66)51(64)50(63)47(42-59)69-57/h14-15,17-18,20-21,45-48,50-57,59-61,63-67H,3-13,16,19,22-44H2,1-2H3,(H,58,62)/b15-14-,18-17-,21-20-. The highest BCUT2D eigenvalue weighted by molar-refractivity contribution is 5.76. The monoisotopic (exact) mass is 1010 g/mol. The molecule has 2 saturated heterocycles. The quantitative estimate of drug-likeness (QED) is 0.0205. The third kappa shape index (κ3) is 29.8. The fourth-order valence-electron chi connectivity index (χ4n) is 9.42. The van der Waals surface area contributed by atoms with Crippen LogP contribution >= 0.6 is 0 Å². The maximum atomic E-state index is 13.2. The summed E-state index contributed by atoms with van der Waals surface area (Å²) in [7, 11) is 0. The lowest BCUT2D eigenvalue weighted by atomic mass is 9.97. The number of aliphatic hydroxyl groups is 8. The van der Waals surface area contributed by atoms with Gasteiger partial charge < -0.3 is 65.1 Å². The Balaban J connectivity index is 1.63. The molecule has 0 spiro atoms. The van der Waals surface area contributed by atoms with Gasteiger partial charge in [0.2, 0.25) is 5.91 Å². The molecule has 0 saturated carbocycles. The molecule has 14 nitrogen and oxygen atoms in total. The van der Waals surface area contributed by atoms with Gasteiger partial charge in [0.15, 0.2) is 12.6 Å². The van der Waals surface area contributed by atoms with Crippen molar-refractivity contribution in [3.05, 3.63) is 36.5 Å². The van der Waals surface area contributed by atoms with E-state index in [1.54, 1.807) is 0 Å². The van der Waals surface area contributed by atoms with Gasteiger partial charge in [-0.25, -0.2) is 0 Å². The van der Waals surface area contributed by atoms with Gasteiger partial charge in [0.05, 0.1) is 32.0 Å². The molecule has 9 N–H and O–H groups in total. The Bertz CT molecular complexity index is 1330. The number of hydrogen-bond donors (Lipinski definition) is 9. The van der Waals surface area contributed by atoms with E-state index in [9.17, 15) is 45.6 Å². The van der Waals surface area contributed by atoms with Crippen molar-refractivity contribution in [2.75, 3.05) is 19.8 Å². The maximum absolute atomic E-state index is 13.2. The molecule has 1 amide bonds. The van der Waals surface area contributed by atoms with Crippen LogP contribution in [-0.2, 0) is 23.7 Å². The van der Waals surface area contributed by atoms with E-state index < -0.39 is 86.8 Å². The lowest BCUT2D eigenvalue weighted by Gasteiger charge is -2.46. The summed E-state index contributed by atoms with van der Waals surface area (Å²) in [5.41, 5.74) is 0. The van der Waals surface area contributed by atoms with Gasteiger partial charge in [-0.2, -0.15) is 0 Å². The fraction of sp³-hybridized carbons (Fsp3) is 0.877. The smallest absolute Gasteiger partial charge is 0.220 e. The van der Waals surface area contributed by atoms with Gasteiger partial charge >= 0.3 is 0 Å². The zero-order chi connectivity index (χ0) is 51.7. The highest BCUT2D eigenvalue weighted by Gasteiger charge is 2.51. The first-order valence-electron chi connectivity index (χ1n) is 28.7. The first kappa shape index (κ1) is 65.3. The van der Waals surface area contributed by atoms with Crippen molar-refractivity contribution >= 4 is 5.91 Å². The Labute approximate surface area is 430 Å². The van der Waals surface area contributed by atoms with E-state index in [-0.39, 0.29) is 12.5 Å². The van der Waals surface area contributed by atoms with E-state index in [4.69, 9.17) is 18.9 Å². The Hall–Kier alpha value is -1.79. The van der Waals surface area contributed by atoms with Gasteiger partial charge in [-0.3, -0.25) is 4.79 Å². The van der Waals surface area contributed by atoms with E-state index in [1.165, 1.54) is 135 Å². The molecule has 71 heavy (non-hydrogen) atoms. The SMILES string of the molecule is CCCCCCC/C=C\C/C=C\C/C=C\CCCCCCCCCCCCCCCCC(=O)NC(COC1OC(CO)C(OC2OC(CO)C(O)C(O)C2O)C(O)C1O)C(O)CCCCCCCCCC. The molecular weight excluding hydrogens is 907 g/mol. The van der Waals surface area contributed by atoms with Crippen molar-refractivity contribution in [2.24, 2.45) is 0 Å². The zero-order valence-electron chi connectivity index (χ0n) is 44.5. The number of carbonyl (C=O) groups is 1. The molecule has 2 aliphatic heterocycles. The second-order valence-electron chi connectivity index (χ2n) is 20.4. The lowest BCUT2D eigenvalue weighted by molar-refractivity contribution is -0.359. The average molecular weight is 1010 g/mol. The number of aliphatic hydroxyl groups excluding tert-OH is 8. The number of ether oxygens (including phenoxy) is 4. The van der Waals surface area contributed by atoms with Gasteiger partial charge in [0, 0.05) is 6.42 Å². The molecule has 2 aliphatic rings. The number of unbranched alkanes of at least 4 members (excludes halogenated alkanes) is 26. The van der Waals surface area contributed by atoms with Crippen LogP contribution in [-0.4, -0.2) is 140 Å². The van der Waals surface area contributed by atoms with E-state index in [0.717, 1.165) is 64.2 Å². The van der Waals surface area contributed by atoms with Crippen molar-refractivity contribution < 1.29 is 64.6 Å². The van der Waals surface area contributed by atoms with E-state index in [2.05, 4.69) is 55.6 Å². The number of hydrogen-bond acceptors (Lipinski definition) is 13. The Morgan fingerprint density at radius 2 is 0.930 bits per heavy atom. The Morgan fingerprint density at radius 3 is 1.42 bits per heavy atom. The van der Waals surface area contributed by atoms with Crippen molar-refractivity contribution in [3.63, 3.8) is 0 Å². The van der Waals surface area contributed by atoms with Crippen LogP contribution in [0.4, 0.5) is 0 Å². The first-order chi connectivity index (χ1) is 34.6. The van der Waals surface area contributed by atoms with Gasteiger partial charge in [-0.15, -0.1) is 0 Å². The number of rotatable bonds is 45. The van der Waals surface area contributed by atoms with Crippen LogP contribution in [0.5, 0.6) is 0 Å². The van der Waals surface area contributed by atoms with Crippen LogP contribution in [0.2, 0.25) is 0 Å². The molecule has 2 rings (SSSR count). The summed E-state index contributed by atoms with van der Waals surface area (Å²) in [6.07, 6.45) is 34.7. The number of amides is 1. The molecule has 416 valence electrons. The van der Waals surface area contributed by atoms with Crippen molar-refractivity contribution in [1.82, 2.24) is 5.32 Å². The molecule has 0 bridgehead atoms. The third-order valence-electron chi connectivity index (χ3n) is 14.1. The molecule has 0 aliphatic carbocycles. The second kappa shape index (κ2) is 43.4. The fourth-order valence-corrected chi connectivity index (χ4v) is 9.42. The highest BCUT2D eigenvalue weighted by atomic mass is 16.7. The molecule has 0 aromatic heterocycles. The van der Waals surface area contributed by atoms with Crippen LogP contribution in [0.25, 0.3) is 0 Å². The number of nitrogens with one attached hydrogen (secondary N) is 1. The molecule has 0 aromatic rings. The Kier molecular flexibility index (Phi) is 40.0. The van der Waals surface area contributed by atoms with Crippen LogP contribution in [0.15, 0.2) is 36.5 Å². The van der Waals surface area contributed by atoms with E-state index >= 15 is 0 Å². The summed E-state index contributed by atoms with van der Waals surface area (Å²) in [6.45, 7) is 2.80. The molecule has 0 radical (unpaired) electrons. The predicted octanol–water partition coefficient (Wildman–Crippen LogP) is 9.05. The minimum absolute atomic E-state index is 0.210. The third-order valence-corrected chi connectivity index (χ3v) is 14.1. The molecule has 2 heterocycles. The van der Waals surface area contributed by atoms with Gasteiger partial charge in [0.1, 0.15) is 48.8 Å². The summed E-state index contributed by atoms with van der Waals surface area (Å²) in [5, 5.41) is 86.8. The number of allylic oxidation sites excluding steroid dienone is 6. The maximum Gasteiger partial charge on any atom is 0.220 e. The number of carbonyl (C=O) groups excluding carboxylic acids is 1. The van der Waals surface area contributed by atoms with Crippen LogP contribution < -0.4 is 5.32 Å². The van der Waals surface area contributed by atoms with Crippen LogP contribution in [0, 0.1) is 0 Å². The van der Waals surface area contributed by atoms with Crippen LogP contribution in [0.1, 0.15) is 226 Å². The van der Waals surface area contributed by atoms with Crippen molar-refractivity contribution in [3.8, 4) is 0 Å². The van der Waals surface area contributed by atoms with Gasteiger partial charge in [-0.05, 0) is 51.4 Å². The summed E-state index contributed by atoms with van der Waals surface area (Å²) in [4.78, 5) is 13.2. The normalized spacial score (nSPS) is 26.0. The molecule has 2 fully saturated rings. The highest BCUT2D eigenvalue weighted by Crippen LogP contribution is 2.30. The lowest BCUT2D eigenvalue weighted by Crippen LogP contribution is -2.65. The molecule has 12 atom stereocenters. The van der Waals surface area contributed by atoms with Crippen LogP contribution in [0.3, 0.4) is 0 Å². The molecule has 12 unspecified atom stereocenters. The Morgan fingerprint density at radius 1 is 0.507 bits per heavy atom. The average Bonchev–Trinajstić information content (AvgIpc) is 3.37. The largest absolute Gasteiger partial charge is 0.394 e. The minimum atomic E-state index is -1.78. The minimum Gasteiger partial charge on any atom is -0.394 e. The van der Waals surface area contributed by atoms with E-state index in [0.29, 0.717) is 12.8 Å². The summed E-state index contributed by atoms with van der Waals surface area (Å²) >= 11 is 0. The molecule has 0 aromatic carbocycles. The van der Waals surface area contributed by atoms with Crippen molar-refractivity contribution in [1.29, 1.82) is 0 Å². The summed E-state index contributed by atoms with van der Waals surface area (Å²) in [6, 6.07) is -0.826. The second-order valence-corrected chi connectivity index (χ2v) is 20.4. The predicted molar refractivity (Wildman–Crippen MR) is 281 cm³/mol. The first-order valence-corrected chi connectivity index (χ1v) is 28.7. The summed E-state index contributed by atoms with van der Waals surface area (Å²) in [5.74, 6) is -0.210. The van der Waals surface area contributed by atoms with Gasteiger partial charge in [-0.1, -0.05) is 204 Å². The van der Waals surface area contributed by atoms with Gasteiger partial charge in [0.25, 0.3) is 0 Å². The summed E-state index contributed by atoms with van der Waals surface area (Å²) < 4.78 is 22.7. The molecule has 14 heteroatoms. The topological polar surface area (TPSA) is 228 Å². The van der Waals surface area contributed by atoms with Crippen molar-refractivity contribution in [2.45, 2.75) is 299 Å². The zero-order valence-corrected chi connectivity index (χ0v) is 44.5. The molecular formula is C57H105NO13. The van der Waals surface area contributed by atoms with E-state index in [1.807, 2.05) is 0 Å².